The molecule has 0 aromatic heterocycles. The molecule has 3 aromatic rings. The summed E-state index contributed by atoms with van der Waals surface area (Å²) in [7, 11) is -4.03. The Morgan fingerprint density at radius 2 is 1.64 bits per heavy atom. The zero-order chi connectivity index (χ0) is 23.4. The average Bonchev–Trinajstić information content (AvgIpc) is 3.04. The minimum Gasteiger partial charge on any atom is -0.490 e. The third-order valence-electron chi connectivity index (χ3n) is 4.96. The van der Waals surface area contributed by atoms with Crippen LogP contribution in [0.3, 0.4) is 0 Å². The van der Waals surface area contributed by atoms with Crippen LogP contribution >= 0.6 is 0 Å². The van der Waals surface area contributed by atoms with Gasteiger partial charge >= 0.3 is 0 Å². The van der Waals surface area contributed by atoms with E-state index in [1.807, 2.05) is 0 Å². The van der Waals surface area contributed by atoms with Gasteiger partial charge in [-0.1, -0.05) is 18.2 Å². The molecule has 0 saturated carbocycles. The Balaban J connectivity index is 1.54. The first kappa shape index (κ1) is 22.3. The number of benzene rings is 3. The van der Waals surface area contributed by atoms with Gasteiger partial charge in [0.15, 0.2) is 17.3 Å². The van der Waals surface area contributed by atoms with Crippen LogP contribution in [0.1, 0.15) is 34.1 Å². The number of nitrogens with one attached hydrogen (secondary N) is 2. The number of anilines is 2. The molecule has 9 heteroatoms. The van der Waals surface area contributed by atoms with Gasteiger partial charge in [0.1, 0.15) is 0 Å². The minimum atomic E-state index is -4.03. The van der Waals surface area contributed by atoms with E-state index in [9.17, 15) is 18.0 Å². The number of sulfonamides is 1. The molecule has 0 saturated heterocycles. The van der Waals surface area contributed by atoms with Crippen LogP contribution in [0.15, 0.2) is 71.6 Å². The van der Waals surface area contributed by atoms with Crippen molar-refractivity contribution in [1.82, 2.24) is 0 Å². The number of hydrogen-bond donors (Lipinski definition) is 2. The maximum absolute atomic E-state index is 12.9. The van der Waals surface area contributed by atoms with Crippen LogP contribution in [0, 0.1) is 0 Å². The minimum absolute atomic E-state index is 0.104. The first-order valence-corrected chi connectivity index (χ1v) is 11.8. The van der Waals surface area contributed by atoms with Gasteiger partial charge in [-0.05, 0) is 49.4 Å². The predicted octanol–water partition coefficient (Wildman–Crippen LogP) is 4.10. The summed E-state index contributed by atoms with van der Waals surface area (Å²) in [6, 6.07) is 17.0. The number of amides is 1. The van der Waals surface area contributed by atoms with Crippen molar-refractivity contribution < 1.29 is 27.5 Å². The number of carbonyl (C=O) groups is 2. The van der Waals surface area contributed by atoms with Crippen LogP contribution in [0.2, 0.25) is 0 Å². The summed E-state index contributed by atoms with van der Waals surface area (Å²) in [4.78, 5) is 24.5. The third-order valence-corrected chi connectivity index (χ3v) is 6.33. The Morgan fingerprint density at radius 1 is 0.879 bits per heavy atom. The van der Waals surface area contributed by atoms with E-state index in [2.05, 4.69) is 10.0 Å². The molecule has 0 fully saturated rings. The molecule has 1 amide bonds. The van der Waals surface area contributed by atoms with E-state index < -0.39 is 15.9 Å². The molecule has 1 aliphatic heterocycles. The molecule has 0 bridgehead atoms. The van der Waals surface area contributed by atoms with Crippen LogP contribution in [0.4, 0.5) is 11.4 Å². The van der Waals surface area contributed by atoms with Gasteiger partial charge in [-0.2, -0.15) is 0 Å². The van der Waals surface area contributed by atoms with E-state index in [4.69, 9.17) is 9.47 Å². The lowest BCUT2D eigenvalue weighted by molar-refractivity contribution is 0.101. The van der Waals surface area contributed by atoms with Crippen LogP contribution in [-0.4, -0.2) is 33.3 Å². The number of carbonyl (C=O) groups excluding carboxylic acids is 2. The fraction of sp³-hybridized carbons (Fsp3) is 0.167. The number of ketones is 1. The molecule has 170 valence electrons. The molecule has 0 unspecified atom stereocenters. The number of fused-ring (bicyclic) bond motifs is 1. The van der Waals surface area contributed by atoms with Crippen molar-refractivity contribution in [2.24, 2.45) is 0 Å². The highest BCUT2D eigenvalue weighted by atomic mass is 32.2. The van der Waals surface area contributed by atoms with E-state index in [-0.39, 0.29) is 27.5 Å². The molecule has 4 rings (SSSR count). The van der Waals surface area contributed by atoms with E-state index in [0.717, 1.165) is 6.42 Å². The predicted molar refractivity (Wildman–Crippen MR) is 124 cm³/mol. The van der Waals surface area contributed by atoms with Gasteiger partial charge in [-0.15, -0.1) is 0 Å². The molecule has 0 aliphatic carbocycles. The molecule has 0 radical (unpaired) electrons. The van der Waals surface area contributed by atoms with Crippen molar-refractivity contribution in [3.8, 4) is 11.5 Å². The van der Waals surface area contributed by atoms with E-state index in [1.54, 1.807) is 36.4 Å². The number of ether oxygens (including phenoxy) is 2. The fourth-order valence-electron chi connectivity index (χ4n) is 3.33. The number of Topliss-reactive ketones (excluding diaryl/α,β-unsaturated/α-hetero) is 1. The highest BCUT2D eigenvalue weighted by Gasteiger charge is 2.19. The molecular weight excluding hydrogens is 444 g/mol. The molecule has 3 aromatic carbocycles. The zero-order valence-corrected chi connectivity index (χ0v) is 18.6. The summed E-state index contributed by atoms with van der Waals surface area (Å²) in [5.41, 5.74) is 1.08. The molecular formula is C24H22N2O6S. The van der Waals surface area contributed by atoms with Crippen LogP contribution < -0.4 is 19.5 Å². The molecule has 2 N–H and O–H groups in total. The van der Waals surface area contributed by atoms with Crippen LogP contribution in [0.25, 0.3) is 0 Å². The monoisotopic (exact) mass is 466 g/mol. The Bertz CT molecular complexity index is 1320. The molecule has 1 heterocycles. The number of para-hydroxylation sites is 1. The lowest BCUT2D eigenvalue weighted by atomic mass is 10.1. The second kappa shape index (κ2) is 9.33. The van der Waals surface area contributed by atoms with Crippen molar-refractivity contribution in [1.29, 1.82) is 0 Å². The maximum atomic E-state index is 12.9. The van der Waals surface area contributed by atoms with Gasteiger partial charge in [-0.25, -0.2) is 8.42 Å². The van der Waals surface area contributed by atoms with Gasteiger partial charge in [0, 0.05) is 29.3 Å². The summed E-state index contributed by atoms with van der Waals surface area (Å²) in [5.74, 6) is 0.396. The number of hydrogen-bond acceptors (Lipinski definition) is 6. The third kappa shape index (κ3) is 5.15. The van der Waals surface area contributed by atoms with Crippen LogP contribution in [0.5, 0.6) is 11.5 Å². The van der Waals surface area contributed by atoms with Gasteiger partial charge < -0.3 is 14.8 Å². The van der Waals surface area contributed by atoms with E-state index in [0.29, 0.717) is 30.4 Å². The second-order valence-electron chi connectivity index (χ2n) is 7.40. The summed E-state index contributed by atoms with van der Waals surface area (Å²) in [6.45, 7) is 2.44. The number of rotatable bonds is 6. The quantitative estimate of drug-likeness (QED) is 0.529. The first-order valence-electron chi connectivity index (χ1n) is 10.3. The normalized spacial score (nSPS) is 13.0. The molecule has 1 aliphatic rings. The highest BCUT2D eigenvalue weighted by Crippen LogP contribution is 2.32. The lowest BCUT2D eigenvalue weighted by Gasteiger charge is -2.13. The molecule has 0 atom stereocenters. The average molecular weight is 467 g/mol. The smallest absolute Gasteiger partial charge is 0.261 e. The summed E-state index contributed by atoms with van der Waals surface area (Å²) < 4.78 is 39.5. The van der Waals surface area contributed by atoms with Gasteiger partial charge in [0.25, 0.3) is 15.9 Å². The molecule has 33 heavy (non-hydrogen) atoms. The van der Waals surface area contributed by atoms with Crippen molar-refractivity contribution in [3.05, 3.63) is 77.9 Å². The van der Waals surface area contributed by atoms with E-state index >= 15 is 0 Å². The molecule has 0 spiro atoms. The Morgan fingerprint density at radius 3 is 2.42 bits per heavy atom. The Kier molecular flexibility index (Phi) is 6.32. The van der Waals surface area contributed by atoms with Gasteiger partial charge in [0.05, 0.1) is 23.8 Å². The first-order chi connectivity index (χ1) is 15.8. The lowest BCUT2D eigenvalue weighted by Crippen LogP contribution is -2.17. The van der Waals surface area contributed by atoms with Gasteiger partial charge in [-0.3, -0.25) is 14.3 Å². The molecule has 8 nitrogen and oxygen atoms in total. The Labute approximate surface area is 191 Å². The van der Waals surface area contributed by atoms with Crippen LogP contribution in [-0.2, 0) is 10.0 Å². The summed E-state index contributed by atoms with van der Waals surface area (Å²) in [5, 5.41) is 2.75. The SMILES string of the molecule is CC(=O)c1ccccc1NS(=O)(=O)c1cccc(C(=O)Nc2ccc3c(c2)OCCCO3)c1. The summed E-state index contributed by atoms with van der Waals surface area (Å²) >= 11 is 0. The fourth-order valence-corrected chi connectivity index (χ4v) is 4.46. The maximum Gasteiger partial charge on any atom is 0.261 e. The Hall–Kier alpha value is -3.85. The van der Waals surface area contributed by atoms with Crippen molar-refractivity contribution in [2.75, 3.05) is 23.3 Å². The second-order valence-corrected chi connectivity index (χ2v) is 9.08. The zero-order valence-electron chi connectivity index (χ0n) is 17.8. The summed E-state index contributed by atoms with van der Waals surface area (Å²) in [6.07, 6.45) is 0.766. The highest BCUT2D eigenvalue weighted by molar-refractivity contribution is 7.92. The van der Waals surface area contributed by atoms with E-state index in [1.165, 1.54) is 37.3 Å². The standard InChI is InChI=1S/C24H22N2O6S/c1-16(27)20-8-2-3-9-21(20)26-33(29,30)19-7-4-6-17(14-19)24(28)25-18-10-11-22-23(15-18)32-13-5-12-31-22/h2-4,6-11,14-15,26H,5,12-13H2,1H3,(H,25,28). The topological polar surface area (TPSA) is 111 Å². The largest absolute Gasteiger partial charge is 0.490 e. The van der Waals surface area contributed by atoms with Gasteiger partial charge in [0.2, 0.25) is 0 Å². The van der Waals surface area contributed by atoms with Crippen molar-refractivity contribution >= 4 is 33.1 Å². The van der Waals surface area contributed by atoms with Crippen molar-refractivity contribution in [2.45, 2.75) is 18.2 Å². The van der Waals surface area contributed by atoms with Crippen molar-refractivity contribution in [3.63, 3.8) is 0 Å².